The third-order valence-electron chi connectivity index (χ3n) is 2.43. The molecule has 0 atom stereocenters. The molecule has 2 rings (SSSR count). The van der Waals surface area contributed by atoms with Crippen LogP contribution in [0.1, 0.15) is 19.0 Å². The van der Waals surface area contributed by atoms with Crippen molar-refractivity contribution in [2.45, 2.75) is 20.3 Å². The van der Waals surface area contributed by atoms with Gasteiger partial charge in [0.15, 0.2) is 5.13 Å². The first-order valence-corrected chi connectivity index (χ1v) is 6.49. The monoisotopic (exact) mass is 250 g/mol. The lowest BCUT2D eigenvalue weighted by atomic mass is 10.1. The van der Waals surface area contributed by atoms with Gasteiger partial charge < -0.3 is 5.32 Å². The fourth-order valence-corrected chi connectivity index (χ4v) is 2.57. The molecule has 0 amide bonds. The fourth-order valence-electron chi connectivity index (χ4n) is 1.57. The summed E-state index contributed by atoms with van der Waals surface area (Å²) >= 11 is 1.61. The first-order chi connectivity index (χ1) is 8.20. The molecule has 0 unspecified atom stereocenters. The van der Waals surface area contributed by atoms with Gasteiger partial charge in [-0.25, -0.2) is 9.37 Å². The minimum atomic E-state index is -0.208. The van der Waals surface area contributed by atoms with Crippen molar-refractivity contribution in [1.29, 1.82) is 0 Å². The Morgan fingerprint density at radius 3 is 2.65 bits per heavy atom. The van der Waals surface area contributed by atoms with E-state index in [9.17, 15) is 4.39 Å². The van der Waals surface area contributed by atoms with Crippen LogP contribution in [0.15, 0.2) is 24.3 Å². The largest absolute Gasteiger partial charge is 0.362 e. The molecule has 0 saturated carbocycles. The number of nitrogens with one attached hydrogen (secondary N) is 1. The zero-order valence-corrected chi connectivity index (χ0v) is 10.8. The first kappa shape index (κ1) is 12.0. The molecule has 0 spiro atoms. The lowest BCUT2D eigenvalue weighted by Crippen LogP contribution is -1.98. The lowest BCUT2D eigenvalue weighted by molar-refractivity contribution is 0.628. The highest BCUT2D eigenvalue weighted by Gasteiger charge is 2.09. The Hall–Kier alpha value is -1.42. The van der Waals surface area contributed by atoms with Crippen LogP contribution in [0.2, 0.25) is 0 Å². The van der Waals surface area contributed by atoms with Crippen molar-refractivity contribution in [3.63, 3.8) is 0 Å². The summed E-state index contributed by atoms with van der Waals surface area (Å²) in [5.74, 6) is -0.208. The molecular weight excluding hydrogens is 235 g/mol. The summed E-state index contributed by atoms with van der Waals surface area (Å²) in [7, 11) is 0. The molecule has 1 heterocycles. The Labute approximate surface area is 105 Å². The number of thiazole rings is 1. The van der Waals surface area contributed by atoms with Gasteiger partial charge in [0.1, 0.15) is 5.82 Å². The minimum Gasteiger partial charge on any atom is -0.362 e. The maximum Gasteiger partial charge on any atom is 0.183 e. The van der Waals surface area contributed by atoms with Crippen LogP contribution in [0.25, 0.3) is 10.4 Å². The Morgan fingerprint density at radius 1 is 1.29 bits per heavy atom. The smallest absolute Gasteiger partial charge is 0.183 e. The molecule has 0 bridgehead atoms. The quantitative estimate of drug-likeness (QED) is 0.884. The van der Waals surface area contributed by atoms with Crippen LogP contribution in [-0.4, -0.2) is 11.5 Å². The number of rotatable bonds is 4. The van der Waals surface area contributed by atoms with E-state index >= 15 is 0 Å². The second kappa shape index (κ2) is 5.27. The maximum absolute atomic E-state index is 12.9. The van der Waals surface area contributed by atoms with E-state index in [2.05, 4.69) is 17.2 Å². The van der Waals surface area contributed by atoms with Crippen LogP contribution < -0.4 is 5.32 Å². The SMILES string of the molecule is CCCNc1nc(C)c(-c2ccc(F)cc2)s1. The Morgan fingerprint density at radius 2 is 2.00 bits per heavy atom. The van der Waals surface area contributed by atoms with Gasteiger partial charge in [-0.2, -0.15) is 0 Å². The first-order valence-electron chi connectivity index (χ1n) is 5.68. The van der Waals surface area contributed by atoms with Gasteiger partial charge in [0.25, 0.3) is 0 Å². The van der Waals surface area contributed by atoms with Gasteiger partial charge in [-0.15, -0.1) is 0 Å². The van der Waals surface area contributed by atoms with Crippen molar-refractivity contribution in [2.24, 2.45) is 0 Å². The van der Waals surface area contributed by atoms with Crippen LogP contribution in [0.3, 0.4) is 0 Å². The van der Waals surface area contributed by atoms with E-state index in [1.165, 1.54) is 12.1 Å². The van der Waals surface area contributed by atoms with Crippen molar-refractivity contribution in [3.05, 3.63) is 35.8 Å². The number of aryl methyl sites for hydroxylation is 1. The maximum atomic E-state index is 12.9. The second-order valence-electron chi connectivity index (χ2n) is 3.87. The number of benzene rings is 1. The molecule has 0 aliphatic rings. The summed E-state index contributed by atoms with van der Waals surface area (Å²) in [6.07, 6.45) is 1.07. The van der Waals surface area contributed by atoms with Crippen molar-refractivity contribution < 1.29 is 4.39 Å². The number of hydrogen-bond donors (Lipinski definition) is 1. The molecule has 0 radical (unpaired) electrons. The molecule has 2 aromatic rings. The summed E-state index contributed by atoms with van der Waals surface area (Å²) in [5.41, 5.74) is 2.01. The predicted octanol–water partition coefficient (Wildman–Crippen LogP) is 4.08. The fraction of sp³-hybridized carbons (Fsp3) is 0.308. The van der Waals surface area contributed by atoms with E-state index in [1.807, 2.05) is 6.92 Å². The second-order valence-corrected chi connectivity index (χ2v) is 4.87. The van der Waals surface area contributed by atoms with Gasteiger partial charge in [0.05, 0.1) is 10.6 Å². The predicted molar refractivity (Wildman–Crippen MR) is 71.0 cm³/mol. The number of hydrogen-bond acceptors (Lipinski definition) is 3. The van der Waals surface area contributed by atoms with Crippen molar-refractivity contribution in [3.8, 4) is 10.4 Å². The van der Waals surface area contributed by atoms with E-state index in [0.717, 1.165) is 34.2 Å². The molecule has 1 N–H and O–H groups in total. The third-order valence-corrected chi connectivity index (χ3v) is 3.59. The molecule has 0 fully saturated rings. The van der Waals surface area contributed by atoms with Crippen molar-refractivity contribution in [1.82, 2.24) is 4.98 Å². The summed E-state index contributed by atoms with van der Waals surface area (Å²) in [5, 5.41) is 4.20. The van der Waals surface area contributed by atoms with Crippen LogP contribution in [0, 0.1) is 12.7 Å². The molecular formula is C13H15FN2S. The standard InChI is InChI=1S/C13H15FN2S/c1-3-8-15-13-16-9(2)12(17-13)10-4-6-11(14)7-5-10/h4-7H,3,8H2,1-2H3,(H,15,16). The summed E-state index contributed by atoms with van der Waals surface area (Å²) < 4.78 is 12.9. The van der Waals surface area contributed by atoms with Crippen LogP contribution in [0.5, 0.6) is 0 Å². The van der Waals surface area contributed by atoms with E-state index < -0.39 is 0 Å². The summed E-state index contributed by atoms with van der Waals surface area (Å²) in [6, 6.07) is 6.54. The van der Waals surface area contributed by atoms with Gasteiger partial charge in [-0.3, -0.25) is 0 Å². The van der Waals surface area contributed by atoms with Gasteiger partial charge in [0, 0.05) is 6.54 Å². The van der Waals surface area contributed by atoms with Gasteiger partial charge in [-0.05, 0) is 31.0 Å². The molecule has 0 aliphatic heterocycles. The lowest BCUT2D eigenvalue weighted by Gasteiger charge is -1.98. The molecule has 2 nitrogen and oxygen atoms in total. The number of aromatic nitrogens is 1. The molecule has 90 valence electrons. The Kier molecular flexibility index (Phi) is 3.74. The van der Waals surface area contributed by atoms with Crippen molar-refractivity contribution >= 4 is 16.5 Å². The van der Waals surface area contributed by atoms with Crippen LogP contribution >= 0.6 is 11.3 Å². The van der Waals surface area contributed by atoms with Crippen molar-refractivity contribution in [2.75, 3.05) is 11.9 Å². The zero-order valence-electron chi connectivity index (χ0n) is 9.96. The molecule has 0 aliphatic carbocycles. The summed E-state index contributed by atoms with van der Waals surface area (Å²) in [4.78, 5) is 5.56. The Balaban J connectivity index is 2.26. The normalized spacial score (nSPS) is 10.5. The molecule has 4 heteroatoms. The van der Waals surface area contributed by atoms with E-state index in [1.54, 1.807) is 23.5 Å². The van der Waals surface area contributed by atoms with Crippen LogP contribution in [0.4, 0.5) is 9.52 Å². The molecule has 1 aromatic carbocycles. The van der Waals surface area contributed by atoms with Gasteiger partial charge >= 0.3 is 0 Å². The third kappa shape index (κ3) is 2.82. The number of anilines is 1. The summed E-state index contributed by atoms with van der Waals surface area (Å²) in [6.45, 7) is 5.02. The molecule has 0 saturated heterocycles. The van der Waals surface area contributed by atoms with Crippen LogP contribution in [-0.2, 0) is 0 Å². The van der Waals surface area contributed by atoms with E-state index in [4.69, 9.17) is 0 Å². The topological polar surface area (TPSA) is 24.9 Å². The average Bonchev–Trinajstić information content (AvgIpc) is 2.69. The van der Waals surface area contributed by atoms with E-state index in [-0.39, 0.29) is 5.82 Å². The zero-order chi connectivity index (χ0) is 12.3. The van der Waals surface area contributed by atoms with Gasteiger partial charge in [0.2, 0.25) is 0 Å². The highest BCUT2D eigenvalue weighted by molar-refractivity contribution is 7.19. The highest BCUT2D eigenvalue weighted by atomic mass is 32.1. The van der Waals surface area contributed by atoms with Gasteiger partial charge in [-0.1, -0.05) is 30.4 Å². The number of nitrogens with zero attached hydrogens (tertiary/aromatic N) is 1. The number of halogens is 1. The average molecular weight is 250 g/mol. The minimum absolute atomic E-state index is 0.208. The highest BCUT2D eigenvalue weighted by Crippen LogP contribution is 2.32. The molecule has 17 heavy (non-hydrogen) atoms. The molecule has 1 aromatic heterocycles. The Bertz CT molecular complexity index is 491. The van der Waals surface area contributed by atoms with E-state index in [0.29, 0.717) is 0 Å².